The van der Waals surface area contributed by atoms with E-state index in [1.54, 1.807) is 75.3 Å². The summed E-state index contributed by atoms with van der Waals surface area (Å²) in [6.07, 6.45) is 5.08. The van der Waals surface area contributed by atoms with E-state index in [0.29, 0.717) is 46.4 Å². The van der Waals surface area contributed by atoms with Crippen molar-refractivity contribution in [3.8, 4) is 11.8 Å². The van der Waals surface area contributed by atoms with Crippen molar-refractivity contribution in [3.05, 3.63) is 76.9 Å². The number of carbonyl (C=O) groups is 3. The molecule has 13 heteroatoms. The number of primary amides is 1. The first-order chi connectivity index (χ1) is 22.4. The van der Waals surface area contributed by atoms with Crippen molar-refractivity contribution in [2.24, 2.45) is 5.73 Å². The predicted molar refractivity (Wildman–Crippen MR) is 173 cm³/mol. The van der Waals surface area contributed by atoms with Gasteiger partial charge in [0.2, 0.25) is 5.91 Å². The molecular weight excluding hydrogens is 623 g/mol. The fourth-order valence-electron chi connectivity index (χ4n) is 5.65. The highest BCUT2D eigenvalue weighted by Gasteiger charge is 2.37. The first kappa shape index (κ1) is 33.7. The summed E-state index contributed by atoms with van der Waals surface area (Å²) in [5.41, 5.74) is 7.62. The SMILES string of the molecule is CC(C)(C)OC(=O)CCC(C(N)=O)N1Cc2c(OCc3cnc(SC4CCN(c5ccc(C#N)cc5F)CC4)nc3)cccc2C1=O. The van der Waals surface area contributed by atoms with Crippen molar-refractivity contribution >= 4 is 35.2 Å². The van der Waals surface area contributed by atoms with Crippen molar-refractivity contribution in [3.63, 3.8) is 0 Å². The maximum atomic E-state index is 14.5. The summed E-state index contributed by atoms with van der Waals surface area (Å²) in [7, 11) is 0. The van der Waals surface area contributed by atoms with Gasteiger partial charge in [-0.1, -0.05) is 17.8 Å². The molecule has 3 heterocycles. The highest BCUT2D eigenvalue weighted by Crippen LogP contribution is 2.34. The van der Waals surface area contributed by atoms with Crippen molar-refractivity contribution in [2.75, 3.05) is 18.0 Å². The number of fused-ring (bicyclic) bond motifs is 1. The Kier molecular flexibility index (Phi) is 10.3. The maximum Gasteiger partial charge on any atom is 0.306 e. The standard InChI is InChI=1S/C34H37FN6O5S/c1-34(2,3)46-30(42)10-9-28(31(37)43)41-19-25-24(32(41)44)5-4-6-29(25)45-20-22-17-38-33(39-18-22)47-23-11-13-40(14-12-23)27-8-7-21(16-36)15-26(27)35/h4-8,15,17-18,23,28H,9-14,19-20H2,1-3H3,(H2,37,43). The Morgan fingerprint density at radius 2 is 1.89 bits per heavy atom. The largest absolute Gasteiger partial charge is 0.488 e. The van der Waals surface area contributed by atoms with Gasteiger partial charge in [-0.2, -0.15) is 5.26 Å². The number of benzene rings is 2. The number of halogens is 1. The van der Waals surface area contributed by atoms with Crippen LogP contribution in [-0.4, -0.2) is 62.6 Å². The number of hydrogen-bond donors (Lipinski definition) is 1. The number of thioether (sulfide) groups is 1. The van der Waals surface area contributed by atoms with E-state index in [0.717, 1.165) is 18.4 Å². The van der Waals surface area contributed by atoms with E-state index in [1.165, 1.54) is 11.0 Å². The molecule has 2 aliphatic rings. The molecule has 0 aliphatic carbocycles. The Morgan fingerprint density at radius 1 is 1.17 bits per heavy atom. The van der Waals surface area contributed by atoms with Crippen molar-refractivity contribution in [1.29, 1.82) is 5.26 Å². The number of nitrogens with zero attached hydrogens (tertiary/aromatic N) is 5. The molecule has 1 saturated heterocycles. The zero-order chi connectivity index (χ0) is 33.7. The fourth-order valence-corrected chi connectivity index (χ4v) is 6.62. The molecule has 0 radical (unpaired) electrons. The Bertz CT molecular complexity index is 1680. The van der Waals surface area contributed by atoms with Gasteiger partial charge in [-0.25, -0.2) is 14.4 Å². The van der Waals surface area contributed by atoms with Gasteiger partial charge in [-0.3, -0.25) is 14.4 Å². The Hall–Kier alpha value is -4.70. The number of ether oxygens (including phenoxy) is 2. The van der Waals surface area contributed by atoms with E-state index in [1.807, 2.05) is 11.0 Å². The molecule has 0 spiro atoms. The zero-order valence-electron chi connectivity index (χ0n) is 26.6. The summed E-state index contributed by atoms with van der Waals surface area (Å²) in [5.74, 6) is -1.40. The minimum atomic E-state index is -0.974. The van der Waals surface area contributed by atoms with E-state index >= 15 is 0 Å². The molecule has 1 unspecified atom stereocenters. The minimum Gasteiger partial charge on any atom is -0.488 e. The van der Waals surface area contributed by atoms with Gasteiger partial charge in [0, 0.05) is 53.8 Å². The number of hydrogen-bond acceptors (Lipinski definition) is 10. The lowest BCUT2D eigenvalue weighted by atomic mass is 10.1. The van der Waals surface area contributed by atoms with Crippen LogP contribution in [0.4, 0.5) is 10.1 Å². The van der Waals surface area contributed by atoms with Crippen LogP contribution in [0.5, 0.6) is 5.75 Å². The van der Waals surface area contributed by atoms with Crippen LogP contribution < -0.4 is 15.4 Å². The van der Waals surface area contributed by atoms with Crippen molar-refractivity contribution < 1.29 is 28.2 Å². The van der Waals surface area contributed by atoms with Crippen LogP contribution in [0.3, 0.4) is 0 Å². The van der Waals surface area contributed by atoms with Gasteiger partial charge in [0.15, 0.2) is 5.16 Å². The quantitative estimate of drug-likeness (QED) is 0.225. The van der Waals surface area contributed by atoms with Crippen molar-refractivity contribution in [2.45, 2.75) is 81.7 Å². The van der Waals surface area contributed by atoms with Crippen LogP contribution in [0, 0.1) is 17.1 Å². The molecule has 2 aliphatic heterocycles. The third-order valence-corrected chi connectivity index (χ3v) is 9.13. The molecule has 1 atom stereocenters. The molecule has 2 aromatic carbocycles. The molecule has 2 amide bonds. The average Bonchev–Trinajstić information content (AvgIpc) is 3.36. The lowest BCUT2D eigenvalue weighted by molar-refractivity contribution is -0.155. The summed E-state index contributed by atoms with van der Waals surface area (Å²) in [6.45, 7) is 6.95. The molecule has 47 heavy (non-hydrogen) atoms. The van der Waals surface area contributed by atoms with Crippen molar-refractivity contribution in [1.82, 2.24) is 14.9 Å². The van der Waals surface area contributed by atoms with E-state index in [2.05, 4.69) is 9.97 Å². The molecule has 1 fully saturated rings. The summed E-state index contributed by atoms with van der Waals surface area (Å²) < 4.78 is 25.9. The van der Waals surface area contributed by atoms with E-state index < -0.39 is 23.5 Å². The molecule has 0 bridgehead atoms. The van der Waals surface area contributed by atoms with E-state index in [-0.39, 0.29) is 43.0 Å². The first-order valence-corrected chi connectivity index (χ1v) is 16.3. The molecule has 1 aromatic heterocycles. The third kappa shape index (κ3) is 8.37. The Morgan fingerprint density at radius 3 is 2.53 bits per heavy atom. The fraction of sp³-hybridized carbons (Fsp3) is 0.412. The monoisotopic (exact) mass is 660 g/mol. The number of anilines is 1. The number of rotatable bonds is 11. The maximum absolute atomic E-state index is 14.5. The average molecular weight is 661 g/mol. The summed E-state index contributed by atoms with van der Waals surface area (Å²) in [6, 6.07) is 10.7. The molecule has 3 aromatic rings. The van der Waals surface area contributed by atoms with Crippen LogP contribution >= 0.6 is 11.8 Å². The minimum absolute atomic E-state index is 0.0522. The van der Waals surface area contributed by atoms with Gasteiger partial charge in [0.1, 0.15) is 29.8 Å². The molecule has 2 N–H and O–H groups in total. The molecule has 5 rings (SSSR count). The van der Waals surface area contributed by atoms with Gasteiger partial charge < -0.3 is 25.0 Å². The van der Waals surface area contributed by atoms with E-state index in [9.17, 15) is 18.8 Å². The molecule has 0 saturated carbocycles. The summed E-state index contributed by atoms with van der Waals surface area (Å²) >= 11 is 1.59. The van der Waals surface area contributed by atoms with Gasteiger partial charge >= 0.3 is 5.97 Å². The van der Waals surface area contributed by atoms with E-state index in [4.69, 9.17) is 20.5 Å². The second-order valence-electron chi connectivity index (χ2n) is 12.5. The van der Waals surface area contributed by atoms with Crippen LogP contribution in [0.15, 0.2) is 53.9 Å². The molecule has 11 nitrogen and oxygen atoms in total. The summed E-state index contributed by atoms with van der Waals surface area (Å²) in [5, 5.41) is 9.91. The second kappa shape index (κ2) is 14.4. The highest BCUT2D eigenvalue weighted by atomic mass is 32.2. The lowest BCUT2D eigenvalue weighted by Gasteiger charge is -2.33. The second-order valence-corrected chi connectivity index (χ2v) is 13.8. The first-order valence-electron chi connectivity index (χ1n) is 15.4. The van der Waals surface area contributed by atoms with Crippen LogP contribution in [-0.2, 0) is 27.5 Å². The Balaban J connectivity index is 1.14. The predicted octanol–water partition coefficient (Wildman–Crippen LogP) is 4.76. The number of aromatic nitrogens is 2. The van der Waals surface area contributed by atoms with Gasteiger partial charge in [0.05, 0.1) is 23.9 Å². The number of nitrogens with two attached hydrogens (primary N) is 1. The molecular formula is C34H37FN6O5S. The molecule has 246 valence electrons. The Labute approximate surface area is 277 Å². The number of carbonyl (C=O) groups excluding carboxylic acids is 3. The normalized spacial score (nSPS) is 15.6. The number of esters is 1. The highest BCUT2D eigenvalue weighted by molar-refractivity contribution is 7.99. The van der Waals surface area contributed by atoms with Gasteiger partial charge in [0.25, 0.3) is 5.91 Å². The number of piperidine rings is 1. The third-order valence-electron chi connectivity index (χ3n) is 7.91. The van der Waals surface area contributed by atoms with Crippen LogP contribution in [0.1, 0.15) is 73.5 Å². The van der Waals surface area contributed by atoms with Crippen LogP contribution in [0.25, 0.3) is 0 Å². The smallest absolute Gasteiger partial charge is 0.306 e. The number of amides is 2. The van der Waals surface area contributed by atoms with Gasteiger partial charge in [-0.15, -0.1) is 0 Å². The summed E-state index contributed by atoms with van der Waals surface area (Å²) in [4.78, 5) is 50.3. The zero-order valence-corrected chi connectivity index (χ0v) is 27.4. The lowest BCUT2D eigenvalue weighted by Crippen LogP contribution is -2.45. The van der Waals surface area contributed by atoms with Crippen LogP contribution in [0.2, 0.25) is 0 Å². The van der Waals surface area contributed by atoms with Gasteiger partial charge in [-0.05, 0) is 70.4 Å². The topological polar surface area (TPSA) is 152 Å². The number of nitriles is 1.